The smallest absolute Gasteiger partial charge is 0.264 e. The van der Waals surface area contributed by atoms with E-state index in [1.807, 2.05) is 7.05 Å². The predicted octanol–water partition coefficient (Wildman–Crippen LogP) is 1.06. The molecule has 0 saturated carbocycles. The predicted molar refractivity (Wildman–Crippen MR) is 119 cm³/mol. The van der Waals surface area contributed by atoms with Gasteiger partial charge < -0.3 is 10.2 Å². The van der Waals surface area contributed by atoms with E-state index in [1.54, 1.807) is 0 Å². The summed E-state index contributed by atoms with van der Waals surface area (Å²) < 4.78 is 52.5. The summed E-state index contributed by atoms with van der Waals surface area (Å²) in [5, 5.41) is 2.65. The summed E-state index contributed by atoms with van der Waals surface area (Å²) in [4.78, 5) is 19.5. The second kappa shape index (κ2) is 9.65. The molecule has 1 fully saturated rings. The highest BCUT2D eigenvalue weighted by atomic mass is 32.2. The molecule has 1 aliphatic rings. The van der Waals surface area contributed by atoms with E-state index in [9.17, 15) is 21.6 Å². The molecule has 10 nitrogen and oxygen atoms in total. The fourth-order valence-electron chi connectivity index (χ4n) is 3.14. The van der Waals surface area contributed by atoms with Gasteiger partial charge in [-0.3, -0.25) is 9.63 Å². The number of nitrogens with one attached hydrogen (secondary N) is 1. The molecule has 174 valence electrons. The number of amides is 1. The normalized spacial score (nSPS) is 16.2. The van der Waals surface area contributed by atoms with Gasteiger partial charge in [0.2, 0.25) is 10.0 Å². The second-order valence-electron chi connectivity index (χ2n) is 7.31. The zero-order valence-corrected chi connectivity index (χ0v) is 19.7. The van der Waals surface area contributed by atoms with Crippen molar-refractivity contribution in [2.45, 2.75) is 9.79 Å². The maximum absolute atomic E-state index is 12.9. The molecular formula is C20H26N4O6S2. The number of nitrogens with zero attached hydrogens (tertiary/aromatic N) is 3. The maximum atomic E-state index is 12.9. The minimum absolute atomic E-state index is 0.000108. The average Bonchev–Trinajstić information content (AvgIpc) is 2.79. The SMILES string of the molecule is CON(C)S(=O)(=O)c1ccc(NC(=O)c2cccc(S(=O)(=O)N3CCN(C)CC3)c2)cc1. The van der Waals surface area contributed by atoms with Crippen LogP contribution in [0, 0.1) is 0 Å². The lowest BCUT2D eigenvalue weighted by atomic mass is 10.2. The van der Waals surface area contributed by atoms with E-state index in [1.165, 1.54) is 67.0 Å². The summed E-state index contributed by atoms with van der Waals surface area (Å²) in [7, 11) is -3.05. The Kier molecular flexibility index (Phi) is 7.32. The van der Waals surface area contributed by atoms with Gasteiger partial charge in [0, 0.05) is 44.5 Å². The Labute approximate surface area is 188 Å². The number of hydroxylamine groups is 1. The molecule has 0 unspecified atom stereocenters. The van der Waals surface area contributed by atoms with Crippen LogP contribution in [0.4, 0.5) is 5.69 Å². The van der Waals surface area contributed by atoms with Crippen molar-refractivity contribution >= 4 is 31.6 Å². The number of likely N-dealkylation sites (N-methyl/N-ethyl adjacent to an activating group) is 1. The van der Waals surface area contributed by atoms with Gasteiger partial charge in [0.15, 0.2) is 0 Å². The van der Waals surface area contributed by atoms with E-state index in [0.717, 1.165) is 4.47 Å². The van der Waals surface area contributed by atoms with Gasteiger partial charge in [-0.05, 0) is 49.5 Å². The highest BCUT2D eigenvalue weighted by Gasteiger charge is 2.28. The van der Waals surface area contributed by atoms with Crippen molar-refractivity contribution in [3.63, 3.8) is 0 Å². The molecule has 0 atom stereocenters. The van der Waals surface area contributed by atoms with Crippen LogP contribution >= 0.6 is 0 Å². The van der Waals surface area contributed by atoms with Crippen LogP contribution in [0.1, 0.15) is 10.4 Å². The van der Waals surface area contributed by atoms with Gasteiger partial charge in [-0.2, -0.15) is 4.31 Å². The fourth-order valence-corrected chi connectivity index (χ4v) is 5.58. The molecule has 1 saturated heterocycles. The van der Waals surface area contributed by atoms with Crippen molar-refractivity contribution in [1.82, 2.24) is 13.7 Å². The van der Waals surface area contributed by atoms with Crippen molar-refractivity contribution in [2.24, 2.45) is 0 Å². The van der Waals surface area contributed by atoms with Gasteiger partial charge in [0.05, 0.1) is 16.9 Å². The molecule has 12 heteroatoms. The number of benzene rings is 2. The van der Waals surface area contributed by atoms with E-state index in [0.29, 0.717) is 31.9 Å². The molecule has 2 aromatic carbocycles. The molecule has 3 rings (SSSR count). The molecule has 1 N–H and O–H groups in total. The fraction of sp³-hybridized carbons (Fsp3) is 0.350. The zero-order valence-electron chi connectivity index (χ0n) is 18.1. The number of piperazine rings is 1. The molecule has 0 spiro atoms. The Bertz CT molecular complexity index is 1170. The summed E-state index contributed by atoms with van der Waals surface area (Å²) in [5.74, 6) is -0.509. The first-order valence-electron chi connectivity index (χ1n) is 9.79. The Hall–Kier alpha value is -2.35. The van der Waals surface area contributed by atoms with Gasteiger partial charge in [0.1, 0.15) is 0 Å². The summed E-state index contributed by atoms with van der Waals surface area (Å²) in [5.41, 5.74) is 0.539. The van der Waals surface area contributed by atoms with Crippen LogP contribution < -0.4 is 5.32 Å². The Morgan fingerprint density at radius 3 is 2.19 bits per heavy atom. The van der Waals surface area contributed by atoms with Gasteiger partial charge in [-0.25, -0.2) is 16.8 Å². The first kappa shape index (κ1) is 24.3. The summed E-state index contributed by atoms with van der Waals surface area (Å²) >= 11 is 0. The molecule has 0 aromatic heterocycles. The molecular weight excluding hydrogens is 456 g/mol. The number of carbonyl (C=O) groups excluding carboxylic acids is 1. The molecule has 1 aliphatic heterocycles. The number of hydrogen-bond donors (Lipinski definition) is 1. The van der Waals surface area contributed by atoms with Gasteiger partial charge in [-0.1, -0.05) is 10.5 Å². The lowest BCUT2D eigenvalue weighted by Crippen LogP contribution is -2.47. The van der Waals surface area contributed by atoms with Crippen molar-refractivity contribution in [2.75, 3.05) is 52.7 Å². The van der Waals surface area contributed by atoms with Crippen LogP contribution in [0.3, 0.4) is 0 Å². The molecule has 32 heavy (non-hydrogen) atoms. The summed E-state index contributed by atoms with van der Waals surface area (Å²) in [6, 6.07) is 11.4. The molecule has 0 radical (unpaired) electrons. The van der Waals surface area contributed by atoms with Crippen molar-refractivity contribution in [3.05, 3.63) is 54.1 Å². The van der Waals surface area contributed by atoms with Crippen LogP contribution in [-0.2, 0) is 24.9 Å². The minimum Gasteiger partial charge on any atom is -0.322 e. The Morgan fingerprint density at radius 1 is 0.969 bits per heavy atom. The van der Waals surface area contributed by atoms with Crippen molar-refractivity contribution < 1.29 is 26.5 Å². The summed E-state index contributed by atoms with van der Waals surface area (Å²) in [6.07, 6.45) is 0. The number of carbonyl (C=O) groups is 1. The molecule has 1 heterocycles. The lowest BCUT2D eigenvalue weighted by Gasteiger charge is -2.31. The van der Waals surface area contributed by atoms with Crippen molar-refractivity contribution in [3.8, 4) is 0 Å². The van der Waals surface area contributed by atoms with Crippen molar-refractivity contribution in [1.29, 1.82) is 0 Å². The van der Waals surface area contributed by atoms with Crippen LogP contribution in [0.5, 0.6) is 0 Å². The lowest BCUT2D eigenvalue weighted by molar-refractivity contribution is -0.0258. The highest BCUT2D eigenvalue weighted by Crippen LogP contribution is 2.21. The van der Waals surface area contributed by atoms with E-state index < -0.39 is 26.0 Å². The van der Waals surface area contributed by atoms with E-state index in [2.05, 4.69) is 10.2 Å². The van der Waals surface area contributed by atoms with E-state index in [-0.39, 0.29) is 15.4 Å². The monoisotopic (exact) mass is 482 g/mol. The van der Waals surface area contributed by atoms with Gasteiger partial charge in [0.25, 0.3) is 15.9 Å². The van der Waals surface area contributed by atoms with Gasteiger partial charge in [-0.15, -0.1) is 0 Å². The third kappa shape index (κ3) is 5.17. The molecule has 0 aliphatic carbocycles. The van der Waals surface area contributed by atoms with Gasteiger partial charge >= 0.3 is 0 Å². The maximum Gasteiger partial charge on any atom is 0.264 e. The van der Waals surface area contributed by atoms with Crippen LogP contribution in [0.2, 0.25) is 0 Å². The van der Waals surface area contributed by atoms with Crippen LogP contribution in [0.15, 0.2) is 58.3 Å². The van der Waals surface area contributed by atoms with Crippen LogP contribution in [-0.4, -0.2) is 83.8 Å². The number of rotatable bonds is 7. The quantitative estimate of drug-likeness (QED) is 0.587. The molecule has 2 aromatic rings. The minimum atomic E-state index is -3.80. The number of hydrogen-bond acceptors (Lipinski definition) is 7. The third-order valence-corrected chi connectivity index (χ3v) is 8.79. The second-order valence-corrected chi connectivity index (χ2v) is 11.2. The first-order chi connectivity index (χ1) is 15.1. The third-order valence-electron chi connectivity index (χ3n) is 5.20. The van der Waals surface area contributed by atoms with E-state index in [4.69, 9.17) is 4.84 Å². The summed E-state index contributed by atoms with van der Waals surface area (Å²) in [6.45, 7) is 2.07. The average molecular weight is 483 g/mol. The first-order valence-corrected chi connectivity index (χ1v) is 12.7. The van der Waals surface area contributed by atoms with Crippen LogP contribution in [0.25, 0.3) is 0 Å². The number of anilines is 1. The Morgan fingerprint density at radius 2 is 1.59 bits per heavy atom. The highest BCUT2D eigenvalue weighted by molar-refractivity contribution is 7.89. The molecule has 0 bridgehead atoms. The number of sulfonamides is 2. The van der Waals surface area contributed by atoms with E-state index >= 15 is 0 Å². The zero-order chi connectivity index (χ0) is 23.5. The largest absolute Gasteiger partial charge is 0.322 e. The topological polar surface area (TPSA) is 116 Å². The standard InChI is InChI=1S/C20H26N4O6S2/c1-22-11-13-24(14-12-22)32(28,29)19-6-4-5-16(15-19)20(25)21-17-7-9-18(10-8-17)31(26,27)23(2)30-3/h4-10,15H,11-14H2,1-3H3,(H,21,25). The molecule has 1 amide bonds. The Balaban J connectivity index is 1.75.